The number of carbonyl (C=O) groups is 5. The van der Waals surface area contributed by atoms with Gasteiger partial charge in [0.2, 0.25) is 5.91 Å². The highest BCUT2D eigenvalue weighted by Crippen LogP contribution is 2.40. The molecule has 0 bridgehead atoms. The zero-order valence-electron chi connectivity index (χ0n) is 20.0. The number of aldehydes is 1. The Morgan fingerprint density at radius 1 is 1.16 bits per heavy atom. The third-order valence-corrected chi connectivity index (χ3v) is 7.36. The molecule has 1 saturated heterocycles. The van der Waals surface area contributed by atoms with Crippen LogP contribution >= 0.6 is 11.8 Å². The summed E-state index contributed by atoms with van der Waals surface area (Å²) in [7, 11) is 0. The first kappa shape index (κ1) is 29.1. The highest BCUT2D eigenvalue weighted by Gasteiger charge is 2.54. The van der Waals surface area contributed by atoms with E-state index < -0.39 is 72.4 Å². The molecule has 2 aliphatic heterocycles. The molecule has 7 N–H and O–H groups in total. The van der Waals surface area contributed by atoms with E-state index in [1.807, 2.05) is 0 Å². The first-order chi connectivity index (χ1) is 18.0. The number of hydrogen-bond donors (Lipinski definition) is 7. The Hall–Kier alpha value is -3.50. The second kappa shape index (κ2) is 12.4. The SMILES string of the molecule is CC1=C(C(=O)O)N2C(=O)C(NC(=O)C(NC(=O)OC[C@@H](O)[C@H](O)[C@H](O)[C@@H](O)C=O)c3ccccc3)C2SC1. The van der Waals surface area contributed by atoms with Crippen LogP contribution in [-0.4, -0.2) is 109 Å². The second-order valence-electron chi connectivity index (χ2n) is 8.59. The molecule has 3 rings (SSSR count). The number of nitrogens with zero attached hydrogens (tertiary/aromatic N) is 1. The van der Waals surface area contributed by atoms with Gasteiger partial charge in [-0.2, -0.15) is 0 Å². The maximum atomic E-state index is 13.2. The Morgan fingerprint density at radius 2 is 1.82 bits per heavy atom. The van der Waals surface area contributed by atoms with Gasteiger partial charge in [0.05, 0.1) is 0 Å². The van der Waals surface area contributed by atoms with E-state index in [0.29, 0.717) is 16.9 Å². The van der Waals surface area contributed by atoms with Gasteiger partial charge in [0.15, 0.2) is 6.29 Å². The van der Waals surface area contributed by atoms with Crippen molar-refractivity contribution in [2.24, 2.45) is 0 Å². The summed E-state index contributed by atoms with van der Waals surface area (Å²) >= 11 is 1.28. The smallest absolute Gasteiger partial charge is 0.408 e. The van der Waals surface area contributed by atoms with Crippen molar-refractivity contribution in [3.63, 3.8) is 0 Å². The number of rotatable bonds is 11. The number of aliphatic carboxylic acids is 1. The van der Waals surface area contributed by atoms with Gasteiger partial charge in [-0.3, -0.25) is 14.5 Å². The molecular weight excluding hydrogens is 526 g/mol. The number of β-lactam (4-membered cyclic amide) rings is 1. The van der Waals surface area contributed by atoms with E-state index in [9.17, 15) is 49.5 Å². The molecule has 14 nitrogen and oxygen atoms in total. The maximum Gasteiger partial charge on any atom is 0.408 e. The van der Waals surface area contributed by atoms with Gasteiger partial charge in [0.25, 0.3) is 5.91 Å². The number of fused-ring (bicyclic) bond motifs is 1. The number of carbonyl (C=O) groups excluding carboxylic acids is 4. The number of aliphatic hydroxyl groups is 4. The minimum absolute atomic E-state index is 0.0466. The van der Waals surface area contributed by atoms with Crippen molar-refractivity contribution in [1.82, 2.24) is 15.5 Å². The Balaban J connectivity index is 1.66. The Kier molecular flexibility index (Phi) is 9.45. The van der Waals surface area contributed by atoms with Gasteiger partial charge in [-0.25, -0.2) is 9.59 Å². The van der Waals surface area contributed by atoms with Crippen molar-refractivity contribution < 1.29 is 54.2 Å². The zero-order valence-corrected chi connectivity index (χ0v) is 20.8. The van der Waals surface area contributed by atoms with Crippen molar-refractivity contribution in [3.8, 4) is 0 Å². The van der Waals surface area contributed by atoms with Gasteiger partial charge in [0, 0.05) is 5.75 Å². The quantitative estimate of drug-likeness (QED) is 0.115. The summed E-state index contributed by atoms with van der Waals surface area (Å²) in [4.78, 5) is 61.5. The predicted octanol–water partition coefficient (Wildman–Crippen LogP) is -2.15. The van der Waals surface area contributed by atoms with Crippen molar-refractivity contribution in [2.75, 3.05) is 12.4 Å². The molecule has 0 radical (unpaired) electrons. The standard InChI is InChI=1S/C23H27N3O11S/c1-10-9-38-21-15(20(33)26(21)16(10)22(34)35)24-19(32)14(11-5-3-2-4-6-11)25-23(36)37-8-13(29)18(31)17(30)12(28)7-27/h2-7,12-15,17-18,21,28-31H,8-9H2,1H3,(H,24,32)(H,25,36)(H,34,35)/t12-,13+,14?,15?,17+,18-,21?/m0/s1. The monoisotopic (exact) mass is 553 g/mol. The molecular formula is C23H27N3O11S. The first-order valence-corrected chi connectivity index (χ1v) is 12.4. The molecule has 206 valence electrons. The summed E-state index contributed by atoms with van der Waals surface area (Å²) in [5.41, 5.74) is 0.704. The molecule has 15 heteroatoms. The lowest BCUT2D eigenvalue weighted by Gasteiger charge is -2.49. The highest BCUT2D eigenvalue weighted by atomic mass is 32.2. The topological polar surface area (TPSA) is 223 Å². The summed E-state index contributed by atoms with van der Waals surface area (Å²) in [6.45, 7) is 0.741. The summed E-state index contributed by atoms with van der Waals surface area (Å²) in [6, 6.07) is 5.52. The minimum Gasteiger partial charge on any atom is -0.477 e. The van der Waals surface area contributed by atoms with Crippen LogP contribution in [0.4, 0.5) is 4.79 Å². The van der Waals surface area contributed by atoms with E-state index in [2.05, 4.69) is 10.6 Å². The van der Waals surface area contributed by atoms with Gasteiger partial charge in [-0.1, -0.05) is 30.3 Å². The van der Waals surface area contributed by atoms with Gasteiger partial charge >= 0.3 is 12.1 Å². The van der Waals surface area contributed by atoms with Crippen LogP contribution in [0.2, 0.25) is 0 Å². The molecule has 38 heavy (non-hydrogen) atoms. The molecule has 0 saturated carbocycles. The molecule has 0 spiro atoms. The molecule has 2 aliphatic rings. The van der Waals surface area contributed by atoms with E-state index in [4.69, 9.17) is 4.74 Å². The number of hydrogen-bond acceptors (Lipinski definition) is 11. The Morgan fingerprint density at radius 3 is 2.42 bits per heavy atom. The van der Waals surface area contributed by atoms with Crippen LogP contribution in [0.5, 0.6) is 0 Å². The van der Waals surface area contributed by atoms with Gasteiger partial charge in [-0.15, -0.1) is 11.8 Å². The van der Waals surface area contributed by atoms with E-state index in [1.165, 1.54) is 23.9 Å². The molecule has 1 fully saturated rings. The molecule has 2 heterocycles. The molecule has 0 aromatic heterocycles. The normalized spacial score (nSPS) is 22.7. The molecule has 1 aromatic carbocycles. The van der Waals surface area contributed by atoms with E-state index in [-0.39, 0.29) is 12.0 Å². The average Bonchev–Trinajstić information content (AvgIpc) is 2.91. The Labute approximate surface area is 220 Å². The van der Waals surface area contributed by atoms with E-state index in [1.54, 1.807) is 25.1 Å². The number of aliphatic hydroxyl groups excluding tert-OH is 4. The minimum atomic E-state index is -2.03. The van der Waals surface area contributed by atoms with E-state index in [0.717, 1.165) is 4.90 Å². The van der Waals surface area contributed by atoms with Crippen LogP contribution in [0.15, 0.2) is 41.6 Å². The third-order valence-electron chi connectivity index (χ3n) is 5.94. The fraction of sp³-hybridized carbons (Fsp3) is 0.435. The fourth-order valence-corrected chi connectivity index (χ4v) is 5.18. The second-order valence-corrected chi connectivity index (χ2v) is 9.70. The molecule has 7 atom stereocenters. The van der Waals surface area contributed by atoms with Crippen LogP contribution in [0.1, 0.15) is 18.5 Å². The van der Waals surface area contributed by atoms with Crippen molar-refractivity contribution >= 4 is 41.9 Å². The number of alkyl carbamates (subject to hydrolysis) is 1. The Bertz CT molecular complexity index is 1120. The average molecular weight is 554 g/mol. The zero-order chi connectivity index (χ0) is 28.1. The predicted molar refractivity (Wildman–Crippen MR) is 129 cm³/mol. The summed E-state index contributed by atoms with van der Waals surface area (Å²) in [5, 5.41) is 52.2. The van der Waals surface area contributed by atoms with Gasteiger partial charge in [0.1, 0.15) is 54.2 Å². The first-order valence-electron chi connectivity index (χ1n) is 11.3. The van der Waals surface area contributed by atoms with Crippen LogP contribution < -0.4 is 10.6 Å². The number of thioether (sulfide) groups is 1. The maximum absolute atomic E-state index is 13.2. The van der Waals surface area contributed by atoms with Crippen LogP contribution in [0.25, 0.3) is 0 Å². The third kappa shape index (κ3) is 6.14. The van der Waals surface area contributed by atoms with Crippen LogP contribution in [0.3, 0.4) is 0 Å². The number of ether oxygens (including phenoxy) is 1. The lowest BCUT2D eigenvalue weighted by molar-refractivity contribution is -0.151. The number of amides is 3. The van der Waals surface area contributed by atoms with Crippen molar-refractivity contribution in [2.45, 2.75) is 48.8 Å². The van der Waals surface area contributed by atoms with Crippen LogP contribution in [0, 0.1) is 0 Å². The van der Waals surface area contributed by atoms with Crippen molar-refractivity contribution in [3.05, 3.63) is 47.2 Å². The van der Waals surface area contributed by atoms with Crippen LogP contribution in [-0.2, 0) is 23.9 Å². The molecule has 0 aliphatic carbocycles. The number of benzene rings is 1. The fourth-order valence-electron chi connectivity index (χ4n) is 3.89. The summed E-state index contributed by atoms with van der Waals surface area (Å²) in [6.07, 6.45) is -9.16. The number of carboxylic acid groups (broad SMARTS) is 1. The van der Waals surface area contributed by atoms with Gasteiger partial charge in [-0.05, 0) is 18.1 Å². The lowest BCUT2D eigenvalue weighted by atomic mass is 10.0. The molecule has 1 aromatic rings. The molecule has 3 amide bonds. The summed E-state index contributed by atoms with van der Waals surface area (Å²) < 4.78 is 4.82. The lowest BCUT2D eigenvalue weighted by Crippen LogP contribution is -2.71. The summed E-state index contributed by atoms with van der Waals surface area (Å²) in [5.74, 6) is -2.31. The molecule has 3 unspecified atom stereocenters. The number of nitrogens with one attached hydrogen (secondary N) is 2. The largest absolute Gasteiger partial charge is 0.477 e. The highest BCUT2D eigenvalue weighted by molar-refractivity contribution is 8.00. The van der Waals surface area contributed by atoms with E-state index >= 15 is 0 Å². The van der Waals surface area contributed by atoms with Crippen molar-refractivity contribution in [1.29, 1.82) is 0 Å². The van der Waals surface area contributed by atoms with Gasteiger partial charge < -0.3 is 45.7 Å². The number of carboxylic acids is 1.